The molecule has 0 aliphatic carbocycles. The molecule has 1 saturated heterocycles. The Hall–Kier alpha value is -0.860. The largest absolute Gasteiger partial charge is 0.381 e. The Morgan fingerprint density at radius 1 is 1.05 bits per heavy atom. The highest BCUT2D eigenvalue weighted by Gasteiger charge is 2.36. The fraction of sp³-hybridized carbons (Fsp3) is 0.684. The first kappa shape index (κ1) is 16.5. The fourth-order valence-electron chi connectivity index (χ4n) is 2.71. The van der Waals surface area contributed by atoms with Gasteiger partial charge >= 0.3 is 0 Å². The maximum absolute atomic E-state index is 5.83. The number of hydrogen-bond donors (Lipinski definition) is 0. The first-order valence-electron chi connectivity index (χ1n) is 8.45. The Morgan fingerprint density at radius 3 is 2.38 bits per heavy atom. The Labute approximate surface area is 129 Å². The molecule has 1 aliphatic heterocycles. The Bertz CT molecular complexity index is 387. The second-order valence-corrected chi connectivity index (χ2v) is 6.55. The van der Waals surface area contributed by atoms with Crippen LogP contribution in [0.3, 0.4) is 0 Å². The molecule has 1 aromatic rings. The normalized spacial score (nSPS) is 16.7. The lowest BCUT2D eigenvalue weighted by atomic mass is 9.84. The molecule has 0 aromatic heterocycles. The topological polar surface area (TPSA) is 18.5 Å². The molecule has 2 rings (SSSR count). The highest BCUT2D eigenvalue weighted by molar-refractivity contribution is 5.21. The predicted octanol–water partition coefficient (Wildman–Crippen LogP) is 4.54. The number of hydrogen-bond acceptors (Lipinski definition) is 2. The van der Waals surface area contributed by atoms with E-state index < -0.39 is 0 Å². The number of ether oxygens (including phenoxy) is 2. The molecular weight excluding hydrogens is 260 g/mol. The van der Waals surface area contributed by atoms with Crippen LogP contribution >= 0.6 is 0 Å². The molecule has 21 heavy (non-hydrogen) atoms. The van der Waals surface area contributed by atoms with E-state index in [9.17, 15) is 0 Å². The van der Waals surface area contributed by atoms with Crippen molar-refractivity contribution in [1.82, 2.24) is 0 Å². The molecule has 118 valence electrons. The SMILES string of the molecule is CCC1(COCCCCCCc2ccc(C)cc2)COC1. The van der Waals surface area contributed by atoms with Crippen LogP contribution in [0.4, 0.5) is 0 Å². The molecule has 0 amide bonds. The second-order valence-electron chi connectivity index (χ2n) is 6.55. The van der Waals surface area contributed by atoms with Crippen molar-refractivity contribution in [3.8, 4) is 0 Å². The van der Waals surface area contributed by atoms with Gasteiger partial charge in [-0.2, -0.15) is 0 Å². The third kappa shape index (κ3) is 5.44. The van der Waals surface area contributed by atoms with Crippen LogP contribution in [0, 0.1) is 12.3 Å². The summed E-state index contributed by atoms with van der Waals surface area (Å²) in [6.07, 6.45) is 7.44. The van der Waals surface area contributed by atoms with Crippen molar-refractivity contribution < 1.29 is 9.47 Å². The molecule has 1 aromatic carbocycles. The zero-order valence-electron chi connectivity index (χ0n) is 13.7. The molecular formula is C19H30O2. The molecule has 2 heteroatoms. The van der Waals surface area contributed by atoms with Gasteiger partial charge in [0.15, 0.2) is 0 Å². The zero-order chi connectivity index (χ0) is 15.0. The smallest absolute Gasteiger partial charge is 0.0566 e. The summed E-state index contributed by atoms with van der Waals surface area (Å²) in [6.45, 7) is 7.94. The van der Waals surface area contributed by atoms with Gasteiger partial charge in [0.1, 0.15) is 0 Å². The van der Waals surface area contributed by atoms with Gasteiger partial charge in [0.2, 0.25) is 0 Å². The van der Waals surface area contributed by atoms with Crippen molar-refractivity contribution in [3.63, 3.8) is 0 Å². The van der Waals surface area contributed by atoms with Crippen molar-refractivity contribution in [1.29, 1.82) is 0 Å². The van der Waals surface area contributed by atoms with Gasteiger partial charge in [-0.25, -0.2) is 0 Å². The first-order chi connectivity index (χ1) is 10.2. The van der Waals surface area contributed by atoms with Crippen molar-refractivity contribution >= 4 is 0 Å². The van der Waals surface area contributed by atoms with E-state index in [0.29, 0.717) is 5.41 Å². The summed E-state index contributed by atoms with van der Waals surface area (Å²) in [5.74, 6) is 0. The number of benzene rings is 1. The standard InChI is InChI=1S/C19H30O2/c1-3-19(15-21-16-19)14-20-13-7-5-4-6-8-18-11-9-17(2)10-12-18/h9-12H,3-8,13-16H2,1-2H3. The summed E-state index contributed by atoms with van der Waals surface area (Å²) >= 11 is 0. The van der Waals surface area contributed by atoms with Crippen LogP contribution in [0.15, 0.2) is 24.3 Å². The highest BCUT2D eigenvalue weighted by atomic mass is 16.5. The van der Waals surface area contributed by atoms with Gasteiger partial charge < -0.3 is 9.47 Å². The van der Waals surface area contributed by atoms with Gasteiger partial charge in [0, 0.05) is 12.0 Å². The van der Waals surface area contributed by atoms with E-state index in [0.717, 1.165) is 26.4 Å². The minimum Gasteiger partial charge on any atom is -0.381 e. The van der Waals surface area contributed by atoms with Crippen LogP contribution in [0.25, 0.3) is 0 Å². The molecule has 0 unspecified atom stereocenters. The summed E-state index contributed by atoms with van der Waals surface area (Å²) < 4.78 is 11.1. The van der Waals surface area contributed by atoms with E-state index in [1.165, 1.54) is 49.7 Å². The van der Waals surface area contributed by atoms with Crippen LogP contribution in [0.1, 0.15) is 50.2 Å². The minimum absolute atomic E-state index is 0.339. The summed E-state index contributed by atoms with van der Waals surface area (Å²) in [7, 11) is 0. The third-order valence-electron chi connectivity index (χ3n) is 4.60. The Balaban J connectivity index is 1.44. The first-order valence-corrected chi connectivity index (χ1v) is 8.45. The van der Waals surface area contributed by atoms with Crippen LogP contribution in [0.5, 0.6) is 0 Å². The van der Waals surface area contributed by atoms with E-state index in [1.807, 2.05) is 0 Å². The van der Waals surface area contributed by atoms with Gasteiger partial charge in [0.05, 0.1) is 19.8 Å². The van der Waals surface area contributed by atoms with Gasteiger partial charge in [-0.3, -0.25) is 0 Å². The molecule has 0 N–H and O–H groups in total. The monoisotopic (exact) mass is 290 g/mol. The van der Waals surface area contributed by atoms with Gasteiger partial charge in [-0.1, -0.05) is 49.6 Å². The lowest BCUT2D eigenvalue weighted by Crippen LogP contribution is -2.45. The molecule has 0 spiro atoms. The average molecular weight is 290 g/mol. The predicted molar refractivity (Wildman–Crippen MR) is 87.7 cm³/mol. The van der Waals surface area contributed by atoms with E-state index in [4.69, 9.17) is 9.47 Å². The van der Waals surface area contributed by atoms with Gasteiger partial charge in [-0.15, -0.1) is 0 Å². The molecule has 1 heterocycles. The van der Waals surface area contributed by atoms with Crippen LogP contribution in [0.2, 0.25) is 0 Å². The second kappa shape index (κ2) is 8.55. The van der Waals surface area contributed by atoms with Crippen LogP contribution < -0.4 is 0 Å². The number of rotatable bonds is 10. The van der Waals surface area contributed by atoms with Crippen molar-refractivity contribution in [2.24, 2.45) is 5.41 Å². The lowest BCUT2D eigenvalue weighted by molar-refractivity contribution is -0.150. The van der Waals surface area contributed by atoms with Crippen LogP contribution in [-0.2, 0) is 15.9 Å². The van der Waals surface area contributed by atoms with Crippen LogP contribution in [-0.4, -0.2) is 26.4 Å². The number of aryl methyl sites for hydroxylation is 2. The molecule has 0 radical (unpaired) electrons. The molecule has 0 atom stereocenters. The highest BCUT2D eigenvalue weighted by Crippen LogP contribution is 2.31. The molecule has 0 bridgehead atoms. The summed E-state index contributed by atoms with van der Waals surface area (Å²) in [4.78, 5) is 0. The fourth-order valence-corrected chi connectivity index (χ4v) is 2.71. The maximum Gasteiger partial charge on any atom is 0.0566 e. The quantitative estimate of drug-likeness (QED) is 0.589. The van der Waals surface area contributed by atoms with E-state index in [2.05, 4.69) is 38.1 Å². The Morgan fingerprint density at radius 2 is 1.76 bits per heavy atom. The van der Waals surface area contributed by atoms with Gasteiger partial charge in [0.25, 0.3) is 0 Å². The average Bonchev–Trinajstić information content (AvgIpc) is 2.46. The van der Waals surface area contributed by atoms with Gasteiger partial charge in [-0.05, 0) is 38.2 Å². The molecule has 2 nitrogen and oxygen atoms in total. The third-order valence-corrected chi connectivity index (χ3v) is 4.60. The van der Waals surface area contributed by atoms with Crippen molar-refractivity contribution in [2.75, 3.05) is 26.4 Å². The maximum atomic E-state index is 5.83. The minimum atomic E-state index is 0.339. The lowest BCUT2D eigenvalue weighted by Gasteiger charge is -2.40. The molecule has 1 aliphatic rings. The van der Waals surface area contributed by atoms with E-state index in [1.54, 1.807) is 0 Å². The van der Waals surface area contributed by atoms with E-state index in [-0.39, 0.29) is 0 Å². The summed E-state index contributed by atoms with van der Waals surface area (Å²) in [5.41, 5.74) is 3.15. The number of unbranched alkanes of at least 4 members (excludes halogenated alkanes) is 3. The van der Waals surface area contributed by atoms with Crippen molar-refractivity contribution in [3.05, 3.63) is 35.4 Å². The molecule has 1 fully saturated rings. The molecule has 0 saturated carbocycles. The zero-order valence-corrected chi connectivity index (χ0v) is 13.7. The summed E-state index contributed by atoms with van der Waals surface area (Å²) in [6, 6.07) is 8.92. The van der Waals surface area contributed by atoms with E-state index >= 15 is 0 Å². The Kier molecular flexibility index (Phi) is 6.72. The summed E-state index contributed by atoms with van der Waals surface area (Å²) in [5, 5.41) is 0. The van der Waals surface area contributed by atoms with Crippen molar-refractivity contribution in [2.45, 2.75) is 52.4 Å².